The molecule has 1 atom stereocenters. The van der Waals surface area contributed by atoms with Gasteiger partial charge in [-0.25, -0.2) is 4.39 Å². The van der Waals surface area contributed by atoms with E-state index in [0.29, 0.717) is 13.0 Å². The van der Waals surface area contributed by atoms with Crippen LogP contribution in [0.3, 0.4) is 0 Å². The number of aromatic nitrogens is 2. The second-order valence-electron chi connectivity index (χ2n) is 4.13. The van der Waals surface area contributed by atoms with Gasteiger partial charge in [0.15, 0.2) is 0 Å². The molecule has 0 aliphatic carbocycles. The van der Waals surface area contributed by atoms with E-state index >= 15 is 0 Å². The maximum atomic E-state index is 13.1. The largest absolute Gasteiger partial charge is 0.388 e. The minimum absolute atomic E-state index is 0.269. The average molecular weight is 313 g/mol. The third-order valence-electron chi connectivity index (χ3n) is 2.76. The van der Waals surface area contributed by atoms with Gasteiger partial charge in [-0.1, -0.05) is 22.9 Å². The maximum absolute atomic E-state index is 13.1. The predicted molar refractivity (Wildman–Crippen MR) is 70.7 cm³/mol. The van der Waals surface area contributed by atoms with Crippen molar-refractivity contribution in [3.05, 3.63) is 52.0 Å². The van der Waals surface area contributed by atoms with Crippen molar-refractivity contribution in [3.63, 3.8) is 0 Å². The highest BCUT2D eigenvalue weighted by Crippen LogP contribution is 2.20. The molecule has 0 saturated heterocycles. The molecule has 18 heavy (non-hydrogen) atoms. The second kappa shape index (κ2) is 5.63. The highest BCUT2D eigenvalue weighted by Gasteiger charge is 2.09. The van der Waals surface area contributed by atoms with E-state index < -0.39 is 6.10 Å². The van der Waals surface area contributed by atoms with E-state index in [1.54, 1.807) is 23.1 Å². The molecule has 3 nitrogen and oxygen atoms in total. The Bertz CT molecular complexity index is 542. The van der Waals surface area contributed by atoms with Crippen LogP contribution in [0.25, 0.3) is 0 Å². The molecule has 0 bridgehead atoms. The smallest absolute Gasteiger partial charge is 0.123 e. The monoisotopic (exact) mass is 312 g/mol. The van der Waals surface area contributed by atoms with Gasteiger partial charge in [-0.3, -0.25) is 4.68 Å². The summed E-state index contributed by atoms with van der Waals surface area (Å²) in [4.78, 5) is 0. The van der Waals surface area contributed by atoms with Crippen molar-refractivity contribution < 1.29 is 9.50 Å². The molecular weight excluding hydrogens is 299 g/mol. The molecule has 2 aromatic rings. The van der Waals surface area contributed by atoms with Crippen LogP contribution in [-0.4, -0.2) is 14.9 Å². The quantitative estimate of drug-likeness (QED) is 0.941. The fourth-order valence-corrected chi connectivity index (χ4v) is 2.08. The number of benzene rings is 1. The molecule has 1 N–H and O–H groups in total. The molecule has 1 heterocycles. The lowest BCUT2D eigenvalue weighted by molar-refractivity contribution is 0.173. The molecule has 0 spiro atoms. The van der Waals surface area contributed by atoms with Gasteiger partial charge in [-0.05, 0) is 30.2 Å². The minimum Gasteiger partial charge on any atom is -0.388 e. The van der Waals surface area contributed by atoms with Crippen LogP contribution in [0.1, 0.15) is 30.6 Å². The molecule has 1 aromatic carbocycles. The molecule has 1 aromatic heterocycles. The van der Waals surface area contributed by atoms with E-state index in [0.717, 1.165) is 15.6 Å². The Morgan fingerprint density at radius 3 is 3.00 bits per heavy atom. The van der Waals surface area contributed by atoms with Gasteiger partial charge >= 0.3 is 0 Å². The van der Waals surface area contributed by atoms with Crippen LogP contribution in [0.4, 0.5) is 4.39 Å². The second-order valence-corrected chi connectivity index (χ2v) is 4.99. The topological polar surface area (TPSA) is 38.1 Å². The van der Waals surface area contributed by atoms with Crippen LogP contribution >= 0.6 is 15.9 Å². The summed E-state index contributed by atoms with van der Waals surface area (Å²) in [6, 6.07) is 4.56. The molecule has 0 radical (unpaired) electrons. The SMILES string of the molecule is CCC(O)c1cnn(Cc2cc(F)ccc2Br)c1. The number of nitrogens with zero attached hydrogens (tertiary/aromatic N) is 2. The van der Waals surface area contributed by atoms with Gasteiger partial charge < -0.3 is 5.11 Å². The predicted octanol–water partition coefficient (Wildman–Crippen LogP) is 3.28. The van der Waals surface area contributed by atoms with Crippen LogP contribution in [0.15, 0.2) is 35.1 Å². The molecule has 0 amide bonds. The summed E-state index contributed by atoms with van der Waals surface area (Å²) in [5, 5.41) is 13.8. The summed E-state index contributed by atoms with van der Waals surface area (Å²) in [6.07, 6.45) is 3.58. The summed E-state index contributed by atoms with van der Waals surface area (Å²) in [5.41, 5.74) is 1.60. The lowest BCUT2D eigenvalue weighted by atomic mass is 10.1. The van der Waals surface area contributed by atoms with Crippen molar-refractivity contribution in [2.24, 2.45) is 0 Å². The Labute approximate surface area is 113 Å². The molecule has 0 fully saturated rings. The molecule has 1 unspecified atom stereocenters. The Balaban J connectivity index is 2.18. The van der Waals surface area contributed by atoms with Gasteiger partial charge in [-0.15, -0.1) is 0 Å². The highest BCUT2D eigenvalue weighted by molar-refractivity contribution is 9.10. The van der Waals surface area contributed by atoms with E-state index in [2.05, 4.69) is 21.0 Å². The van der Waals surface area contributed by atoms with Gasteiger partial charge in [0, 0.05) is 16.2 Å². The first-order valence-electron chi connectivity index (χ1n) is 5.74. The summed E-state index contributed by atoms with van der Waals surface area (Å²) in [7, 11) is 0. The maximum Gasteiger partial charge on any atom is 0.123 e. The van der Waals surface area contributed by atoms with E-state index in [1.165, 1.54) is 12.1 Å². The van der Waals surface area contributed by atoms with Crippen LogP contribution in [0, 0.1) is 5.82 Å². The van der Waals surface area contributed by atoms with E-state index in [9.17, 15) is 9.50 Å². The van der Waals surface area contributed by atoms with Crippen LogP contribution in [-0.2, 0) is 6.54 Å². The number of halogens is 2. The average Bonchev–Trinajstić information content (AvgIpc) is 2.81. The zero-order valence-electron chi connectivity index (χ0n) is 9.98. The standard InChI is InChI=1S/C13H14BrFN2O/c1-2-13(18)10-6-16-17(8-10)7-9-5-11(15)3-4-12(9)14/h3-6,8,13,18H,2,7H2,1H3. The summed E-state index contributed by atoms with van der Waals surface area (Å²) < 4.78 is 15.7. The third-order valence-corrected chi connectivity index (χ3v) is 3.54. The first-order valence-corrected chi connectivity index (χ1v) is 6.53. The highest BCUT2D eigenvalue weighted by atomic mass is 79.9. The fraction of sp³-hybridized carbons (Fsp3) is 0.308. The first kappa shape index (κ1) is 13.2. The van der Waals surface area contributed by atoms with Crippen molar-refractivity contribution in [2.75, 3.05) is 0 Å². The lowest BCUT2D eigenvalue weighted by Gasteiger charge is -2.05. The van der Waals surface area contributed by atoms with Crippen LogP contribution in [0.5, 0.6) is 0 Å². The van der Waals surface area contributed by atoms with Crippen molar-refractivity contribution in [1.29, 1.82) is 0 Å². The Hall–Kier alpha value is -1.20. The van der Waals surface area contributed by atoms with E-state index in [1.807, 2.05) is 6.92 Å². The fourth-order valence-electron chi connectivity index (χ4n) is 1.71. The minimum atomic E-state index is -0.491. The zero-order valence-corrected chi connectivity index (χ0v) is 11.6. The number of aliphatic hydroxyl groups excluding tert-OH is 1. The Morgan fingerprint density at radius 2 is 2.28 bits per heavy atom. The lowest BCUT2D eigenvalue weighted by Crippen LogP contribution is -2.01. The number of rotatable bonds is 4. The summed E-state index contributed by atoms with van der Waals surface area (Å²) >= 11 is 3.38. The van der Waals surface area contributed by atoms with Crippen LogP contribution < -0.4 is 0 Å². The number of hydrogen-bond donors (Lipinski definition) is 1. The van der Waals surface area contributed by atoms with Crippen LogP contribution in [0.2, 0.25) is 0 Å². The van der Waals surface area contributed by atoms with Gasteiger partial charge in [0.1, 0.15) is 5.82 Å². The normalized spacial score (nSPS) is 12.7. The van der Waals surface area contributed by atoms with Crippen molar-refractivity contribution in [2.45, 2.75) is 26.0 Å². The number of hydrogen-bond acceptors (Lipinski definition) is 2. The molecule has 0 aliphatic heterocycles. The van der Waals surface area contributed by atoms with Crippen molar-refractivity contribution in [3.8, 4) is 0 Å². The molecule has 0 aliphatic rings. The van der Waals surface area contributed by atoms with Gasteiger partial charge in [0.2, 0.25) is 0 Å². The molecule has 2 rings (SSSR count). The summed E-state index contributed by atoms with van der Waals surface area (Å²) in [5.74, 6) is -0.269. The molecular formula is C13H14BrFN2O. The Kier molecular flexibility index (Phi) is 4.14. The van der Waals surface area contributed by atoms with Gasteiger partial charge in [0.25, 0.3) is 0 Å². The molecule has 96 valence electrons. The Morgan fingerprint density at radius 1 is 1.50 bits per heavy atom. The summed E-state index contributed by atoms with van der Waals surface area (Å²) in [6.45, 7) is 2.37. The molecule has 5 heteroatoms. The van der Waals surface area contributed by atoms with Gasteiger partial charge in [-0.2, -0.15) is 5.10 Å². The van der Waals surface area contributed by atoms with E-state index in [4.69, 9.17) is 0 Å². The third kappa shape index (κ3) is 2.97. The first-order chi connectivity index (χ1) is 8.60. The van der Waals surface area contributed by atoms with Crippen molar-refractivity contribution >= 4 is 15.9 Å². The molecule has 0 saturated carbocycles. The van der Waals surface area contributed by atoms with Crippen molar-refractivity contribution in [1.82, 2.24) is 9.78 Å². The van der Waals surface area contributed by atoms with Gasteiger partial charge in [0.05, 0.1) is 18.8 Å². The van der Waals surface area contributed by atoms with E-state index in [-0.39, 0.29) is 5.82 Å². The number of aliphatic hydroxyl groups is 1. The zero-order chi connectivity index (χ0) is 13.1.